The monoisotopic (exact) mass is 464 g/mol. The first-order chi connectivity index (χ1) is 14.1. The molecule has 0 radical (unpaired) electrons. The van der Waals surface area contributed by atoms with Crippen molar-refractivity contribution in [2.24, 2.45) is 5.73 Å². The van der Waals surface area contributed by atoms with Gasteiger partial charge >= 0.3 is 12.3 Å². The van der Waals surface area contributed by atoms with Gasteiger partial charge in [-0.25, -0.2) is 9.18 Å². The van der Waals surface area contributed by atoms with Gasteiger partial charge in [-0.1, -0.05) is 11.6 Å². The molecule has 0 aliphatic carbocycles. The summed E-state index contributed by atoms with van der Waals surface area (Å²) in [7, 11) is 0. The van der Waals surface area contributed by atoms with Crippen LogP contribution in [-0.4, -0.2) is 53.5 Å². The molecule has 1 unspecified atom stereocenters. The van der Waals surface area contributed by atoms with Gasteiger partial charge in [0.15, 0.2) is 0 Å². The number of hydrogen-bond acceptors (Lipinski definition) is 5. The molecule has 0 spiro atoms. The Hall–Kier alpha value is -2.82. The Balaban J connectivity index is 2.53. The van der Waals surface area contributed by atoms with Gasteiger partial charge in [0.25, 0.3) is 5.91 Å². The van der Waals surface area contributed by atoms with E-state index in [-0.39, 0.29) is 10.6 Å². The number of carbonyl (C=O) groups is 2. The summed E-state index contributed by atoms with van der Waals surface area (Å²) in [6.07, 6.45) is -5.81. The lowest BCUT2D eigenvalue weighted by molar-refractivity contribution is -0.160. The molecule has 1 atom stereocenters. The second-order valence-electron chi connectivity index (χ2n) is 7.82. The SMILES string of the molecule is CC(C)(C)OC(=O)N1C/C(=C(/C(=N)c2ccc(F)c(Cl)c2)C(N)=O)NC(C(F)(F)F)C1. The average molecular weight is 465 g/mol. The van der Waals surface area contributed by atoms with E-state index in [1.807, 2.05) is 0 Å². The minimum absolute atomic E-state index is 0.0487. The molecule has 1 heterocycles. The van der Waals surface area contributed by atoms with E-state index >= 15 is 0 Å². The van der Waals surface area contributed by atoms with Crippen LogP contribution >= 0.6 is 11.6 Å². The molecule has 1 aliphatic heterocycles. The lowest BCUT2D eigenvalue weighted by Crippen LogP contribution is -2.58. The molecule has 7 nitrogen and oxygen atoms in total. The number of hydrogen-bond donors (Lipinski definition) is 3. The Labute approximate surface area is 180 Å². The number of nitrogens with one attached hydrogen (secondary N) is 2. The molecule has 0 saturated carbocycles. The predicted molar refractivity (Wildman–Crippen MR) is 105 cm³/mol. The van der Waals surface area contributed by atoms with Crippen molar-refractivity contribution >= 4 is 29.3 Å². The van der Waals surface area contributed by atoms with Gasteiger partial charge in [0.1, 0.15) is 17.5 Å². The summed E-state index contributed by atoms with van der Waals surface area (Å²) in [5.41, 5.74) is 2.77. The third-order valence-corrected chi connectivity index (χ3v) is 4.44. The number of nitrogens with zero attached hydrogens (tertiary/aromatic N) is 1. The third kappa shape index (κ3) is 6.09. The fraction of sp³-hybridized carbons (Fsp3) is 0.421. The smallest absolute Gasteiger partial charge is 0.410 e. The fourth-order valence-electron chi connectivity index (χ4n) is 2.80. The Morgan fingerprint density at radius 3 is 2.39 bits per heavy atom. The van der Waals surface area contributed by atoms with Crippen molar-refractivity contribution in [1.29, 1.82) is 5.41 Å². The third-order valence-electron chi connectivity index (χ3n) is 4.15. The number of carbonyl (C=O) groups excluding carboxylic acids is 2. The number of ether oxygens (including phenoxy) is 1. The highest BCUT2D eigenvalue weighted by atomic mass is 35.5. The maximum absolute atomic E-state index is 13.5. The molecule has 12 heteroatoms. The van der Waals surface area contributed by atoms with E-state index in [4.69, 9.17) is 27.5 Å². The average Bonchev–Trinajstić information content (AvgIpc) is 2.61. The summed E-state index contributed by atoms with van der Waals surface area (Å²) >= 11 is 5.70. The van der Waals surface area contributed by atoms with Gasteiger partial charge in [0.05, 0.1) is 29.4 Å². The number of rotatable bonds is 3. The van der Waals surface area contributed by atoms with Crippen molar-refractivity contribution in [2.45, 2.75) is 38.6 Å². The lowest BCUT2D eigenvalue weighted by Gasteiger charge is -2.38. The van der Waals surface area contributed by atoms with Gasteiger partial charge in [-0.05, 0) is 39.0 Å². The summed E-state index contributed by atoms with van der Waals surface area (Å²) in [5.74, 6) is -1.99. The Kier molecular flexibility index (Phi) is 6.89. The summed E-state index contributed by atoms with van der Waals surface area (Å²) in [6.45, 7) is 3.39. The second-order valence-corrected chi connectivity index (χ2v) is 8.23. The van der Waals surface area contributed by atoms with Crippen LogP contribution in [0.5, 0.6) is 0 Å². The van der Waals surface area contributed by atoms with E-state index in [0.29, 0.717) is 0 Å². The molecule has 1 saturated heterocycles. The number of amides is 2. The first-order valence-electron chi connectivity index (χ1n) is 8.98. The molecule has 31 heavy (non-hydrogen) atoms. The summed E-state index contributed by atoms with van der Waals surface area (Å²) in [5, 5.41) is 10.1. The van der Waals surface area contributed by atoms with Crippen molar-refractivity contribution in [3.8, 4) is 0 Å². The number of nitrogens with two attached hydrogens (primary N) is 1. The van der Waals surface area contributed by atoms with Crippen LogP contribution in [0.3, 0.4) is 0 Å². The molecule has 170 valence electrons. The zero-order chi connectivity index (χ0) is 23.7. The Morgan fingerprint density at radius 2 is 1.90 bits per heavy atom. The number of alkyl halides is 3. The number of piperazine rings is 1. The van der Waals surface area contributed by atoms with E-state index in [0.717, 1.165) is 23.1 Å². The largest absolute Gasteiger partial charge is 0.444 e. The van der Waals surface area contributed by atoms with Gasteiger partial charge in [-0.2, -0.15) is 13.2 Å². The van der Waals surface area contributed by atoms with Gasteiger partial charge in [-0.3, -0.25) is 15.1 Å². The number of halogens is 5. The van der Waals surface area contributed by atoms with Gasteiger partial charge < -0.3 is 15.8 Å². The molecule has 1 aromatic rings. The number of benzene rings is 1. The van der Waals surface area contributed by atoms with Crippen molar-refractivity contribution in [3.63, 3.8) is 0 Å². The van der Waals surface area contributed by atoms with Crippen LogP contribution in [0.4, 0.5) is 22.4 Å². The van der Waals surface area contributed by atoms with E-state index in [9.17, 15) is 27.2 Å². The normalized spacial score (nSPS) is 18.8. The first-order valence-corrected chi connectivity index (χ1v) is 9.36. The molecule has 1 aromatic carbocycles. The molecule has 0 bridgehead atoms. The van der Waals surface area contributed by atoms with Gasteiger partial charge in [-0.15, -0.1) is 0 Å². The maximum atomic E-state index is 13.5. The van der Waals surface area contributed by atoms with Crippen molar-refractivity contribution in [3.05, 3.63) is 45.9 Å². The molecule has 0 aromatic heterocycles. The quantitative estimate of drug-likeness (QED) is 0.362. The molecule has 4 N–H and O–H groups in total. The zero-order valence-electron chi connectivity index (χ0n) is 16.9. The minimum atomic E-state index is -4.78. The molecular formula is C19H21ClF4N4O3. The van der Waals surface area contributed by atoms with Crippen LogP contribution < -0.4 is 11.1 Å². The predicted octanol–water partition coefficient (Wildman–Crippen LogP) is 3.36. The molecule has 2 rings (SSSR count). The summed E-state index contributed by atoms with van der Waals surface area (Å²) in [4.78, 5) is 25.3. The second kappa shape index (κ2) is 8.74. The highest BCUT2D eigenvalue weighted by Gasteiger charge is 2.46. The van der Waals surface area contributed by atoms with Crippen LogP contribution in [0.1, 0.15) is 26.3 Å². The molecular weight excluding hydrogens is 444 g/mol. The highest BCUT2D eigenvalue weighted by Crippen LogP contribution is 2.28. The van der Waals surface area contributed by atoms with E-state index < -0.39 is 65.7 Å². The van der Waals surface area contributed by atoms with Crippen molar-refractivity contribution < 1.29 is 31.9 Å². The number of primary amides is 1. The lowest BCUT2D eigenvalue weighted by atomic mass is 9.98. The Morgan fingerprint density at radius 1 is 1.29 bits per heavy atom. The molecule has 1 fully saturated rings. The fourth-order valence-corrected chi connectivity index (χ4v) is 2.98. The van der Waals surface area contributed by atoms with Gasteiger partial charge in [0, 0.05) is 11.3 Å². The van der Waals surface area contributed by atoms with E-state index in [1.165, 1.54) is 0 Å². The van der Waals surface area contributed by atoms with E-state index in [2.05, 4.69) is 5.32 Å². The van der Waals surface area contributed by atoms with Crippen LogP contribution in [-0.2, 0) is 9.53 Å². The highest BCUT2D eigenvalue weighted by molar-refractivity contribution is 6.32. The standard InChI is InChI=1S/C19H21ClF4N4O3/c1-18(2,3)31-17(30)28-7-12(27-13(8-28)19(22,23)24)14(16(26)29)15(25)9-4-5-11(21)10(20)6-9/h4-6,13,25,27H,7-8H2,1-3H3,(H2,26,29)/b14-12+,25-15?. The maximum Gasteiger partial charge on any atom is 0.410 e. The molecule has 1 aliphatic rings. The summed E-state index contributed by atoms with van der Waals surface area (Å²) in [6, 6.07) is 0.874. The first kappa shape index (κ1) is 24.4. The minimum Gasteiger partial charge on any atom is -0.444 e. The molecule has 2 amide bonds. The van der Waals surface area contributed by atoms with Crippen LogP contribution in [0, 0.1) is 11.2 Å². The zero-order valence-corrected chi connectivity index (χ0v) is 17.6. The van der Waals surface area contributed by atoms with Gasteiger partial charge in [0.2, 0.25) is 0 Å². The van der Waals surface area contributed by atoms with Crippen LogP contribution in [0.15, 0.2) is 29.5 Å². The summed E-state index contributed by atoms with van der Waals surface area (Å²) < 4.78 is 59.0. The van der Waals surface area contributed by atoms with Crippen molar-refractivity contribution in [1.82, 2.24) is 10.2 Å². The van der Waals surface area contributed by atoms with Crippen LogP contribution in [0.25, 0.3) is 0 Å². The van der Waals surface area contributed by atoms with E-state index in [1.54, 1.807) is 20.8 Å². The topological polar surface area (TPSA) is 109 Å². The Bertz CT molecular complexity index is 941. The van der Waals surface area contributed by atoms with Crippen LogP contribution in [0.2, 0.25) is 5.02 Å². The van der Waals surface area contributed by atoms with Crippen molar-refractivity contribution in [2.75, 3.05) is 13.1 Å².